The zero-order valence-electron chi connectivity index (χ0n) is 9.99. The first-order chi connectivity index (χ1) is 8.24. The third kappa shape index (κ3) is 5.80. The predicted octanol–water partition coefficient (Wildman–Crippen LogP) is 2.76. The standard InChI is InChI=1S/C13H19ClN2O/c14-13-10-16-8-6-11(13)9-12(17)5-3-1-2-4-7-15/h6,8,10H,1-5,7,9,15H2. The van der Waals surface area contributed by atoms with Crippen LogP contribution in [-0.4, -0.2) is 17.3 Å². The van der Waals surface area contributed by atoms with E-state index in [0.717, 1.165) is 37.8 Å². The number of unbranched alkanes of at least 4 members (excludes halogenated alkanes) is 3. The number of hydrogen-bond donors (Lipinski definition) is 1. The van der Waals surface area contributed by atoms with Gasteiger partial charge in [0, 0.05) is 25.2 Å². The fraction of sp³-hybridized carbons (Fsp3) is 0.538. The van der Waals surface area contributed by atoms with Gasteiger partial charge in [-0.15, -0.1) is 0 Å². The molecule has 17 heavy (non-hydrogen) atoms. The van der Waals surface area contributed by atoms with E-state index in [1.54, 1.807) is 18.5 Å². The van der Waals surface area contributed by atoms with Gasteiger partial charge in [0.2, 0.25) is 0 Å². The molecule has 94 valence electrons. The Morgan fingerprint density at radius 1 is 1.29 bits per heavy atom. The molecule has 0 atom stereocenters. The zero-order chi connectivity index (χ0) is 12.5. The molecule has 0 amide bonds. The van der Waals surface area contributed by atoms with Crippen LogP contribution in [0.5, 0.6) is 0 Å². The summed E-state index contributed by atoms with van der Waals surface area (Å²) in [5.74, 6) is 0.242. The fourth-order valence-corrected chi connectivity index (χ4v) is 1.85. The van der Waals surface area contributed by atoms with Crippen LogP contribution in [0.25, 0.3) is 0 Å². The Balaban J connectivity index is 2.23. The van der Waals surface area contributed by atoms with Gasteiger partial charge in [0.15, 0.2) is 0 Å². The summed E-state index contributed by atoms with van der Waals surface area (Å²) in [4.78, 5) is 15.6. The summed E-state index contributed by atoms with van der Waals surface area (Å²) < 4.78 is 0. The van der Waals surface area contributed by atoms with Crippen LogP contribution in [-0.2, 0) is 11.2 Å². The molecule has 1 rings (SSSR count). The Kier molecular flexibility index (Phi) is 6.82. The quantitative estimate of drug-likeness (QED) is 0.726. The van der Waals surface area contributed by atoms with Gasteiger partial charge in [0.25, 0.3) is 0 Å². The molecule has 4 heteroatoms. The second-order valence-electron chi connectivity index (χ2n) is 4.14. The molecule has 3 nitrogen and oxygen atoms in total. The lowest BCUT2D eigenvalue weighted by atomic mass is 10.0. The average Bonchev–Trinajstić information content (AvgIpc) is 2.32. The van der Waals surface area contributed by atoms with Crippen LogP contribution < -0.4 is 5.73 Å². The van der Waals surface area contributed by atoms with Crippen molar-refractivity contribution >= 4 is 17.4 Å². The smallest absolute Gasteiger partial charge is 0.137 e. The van der Waals surface area contributed by atoms with E-state index in [-0.39, 0.29) is 5.78 Å². The summed E-state index contributed by atoms with van der Waals surface area (Å²) in [6.07, 6.45) is 8.46. The molecule has 0 aromatic carbocycles. The molecular formula is C13H19ClN2O. The molecule has 0 aliphatic carbocycles. The summed E-state index contributed by atoms with van der Waals surface area (Å²) in [5, 5.41) is 0.573. The minimum Gasteiger partial charge on any atom is -0.330 e. The van der Waals surface area contributed by atoms with Crippen molar-refractivity contribution in [3.8, 4) is 0 Å². The van der Waals surface area contributed by atoms with E-state index < -0.39 is 0 Å². The number of aromatic nitrogens is 1. The topological polar surface area (TPSA) is 56.0 Å². The van der Waals surface area contributed by atoms with Gasteiger partial charge in [-0.3, -0.25) is 9.78 Å². The molecular weight excluding hydrogens is 236 g/mol. The largest absolute Gasteiger partial charge is 0.330 e. The number of halogens is 1. The number of Topliss-reactive ketones (excluding diaryl/α,β-unsaturated/α-hetero) is 1. The molecule has 0 aliphatic heterocycles. The van der Waals surface area contributed by atoms with E-state index in [2.05, 4.69) is 4.98 Å². The highest BCUT2D eigenvalue weighted by molar-refractivity contribution is 6.31. The third-order valence-electron chi connectivity index (χ3n) is 2.65. The van der Waals surface area contributed by atoms with E-state index in [0.29, 0.717) is 17.9 Å². The molecule has 0 unspecified atom stereocenters. The minimum atomic E-state index is 0.242. The van der Waals surface area contributed by atoms with Crippen molar-refractivity contribution in [3.63, 3.8) is 0 Å². The SMILES string of the molecule is NCCCCCCC(=O)Cc1ccncc1Cl. The van der Waals surface area contributed by atoms with Crippen LogP contribution in [0.3, 0.4) is 0 Å². The molecule has 0 aliphatic rings. The van der Waals surface area contributed by atoms with Crippen LogP contribution in [0.15, 0.2) is 18.5 Å². The van der Waals surface area contributed by atoms with Gasteiger partial charge in [-0.2, -0.15) is 0 Å². The van der Waals surface area contributed by atoms with Crippen LogP contribution >= 0.6 is 11.6 Å². The van der Waals surface area contributed by atoms with E-state index in [1.807, 2.05) is 0 Å². The lowest BCUT2D eigenvalue weighted by Gasteiger charge is -2.03. The number of nitrogens with two attached hydrogens (primary N) is 1. The summed E-state index contributed by atoms with van der Waals surface area (Å²) in [7, 11) is 0. The van der Waals surface area contributed by atoms with Crippen LogP contribution in [0.4, 0.5) is 0 Å². The van der Waals surface area contributed by atoms with Gasteiger partial charge in [0.1, 0.15) is 5.78 Å². The zero-order valence-corrected chi connectivity index (χ0v) is 10.7. The second-order valence-corrected chi connectivity index (χ2v) is 4.54. The molecule has 0 fully saturated rings. The lowest BCUT2D eigenvalue weighted by Crippen LogP contribution is -2.03. The summed E-state index contributed by atoms with van der Waals surface area (Å²) >= 11 is 5.94. The minimum absolute atomic E-state index is 0.242. The molecule has 0 spiro atoms. The van der Waals surface area contributed by atoms with Crippen molar-refractivity contribution in [2.75, 3.05) is 6.54 Å². The third-order valence-corrected chi connectivity index (χ3v) is 2.99. The van der Waals surface area contributed by atoms with E-state index in [9.17, 15) is 4.79 Å². The van der Waals surface area contributed by atoms with Crippen molar-refractivity contribution < 1.29 is 4.79 Å². The highest BCUT2D eigenvalue weighted by Crippen LogP contribution is 2.15. The monoisotopic (exact) mass is 254 g/mol. The van der Waals surface area contributed by atoms with Crippen molar-refractivity contribution in [3.05, 3.63) is 29.0 Å². The summed E-state index contributed by atoms with van der Waals surface area (Å²) in [6, 6.07) is 1.80. The second kappa shape index (κ2) is 8.20. The Hall–Kier alpha value is -0.930. The number of carbonyl (C=O) groups excluding carboxylic acids is 1. The van der Waals surface area contributed by atoms with Crippen molar-refractivity contribution in [2.45, 2.75) is 38.5 Å². The highest BCUT2D eigenvalue weighted by atomic mass is 35.5. The van der Waals surface area contributed by atoms with E-state index in [4.69, 9.17) is 17.3 Å². The lowest BCUT2D eigenvalue weighted by molar-refractivity contribution is -0.118. The number of carbonyl (C=O) groups is 1. The molecule has 0 bridgehead atoms. The maximum absolute atomic E-state index is 11.7. The summed E-state index contributed by atoms with van der Waals surface area (Å²) in [6.45, 7) is 0.737. The molecule has 1 heterocycles. The number of rotatable bonds is 8. The number of pyridine rings is 1. The molecule has 1 aromatic rings. The molecule has 2 N–H and O–H groups in total. The fourth-order valence-electron chi connectivity index (χ4n) is 1.67. The first kappa shape index (κ1) is 14.1. The van der Waals surface area contributed by atoms with Crippen molar-refractivity contribution in [1.82, 2.24) is 4.98 Å². The summed E-state index contributed by atoms with van der Waals surface area (Å²) in [5.41, 5.74) is 6.27. The highest BCUT2D eigenvalue weighted by Gasteiger charge is 2.06. The molecule has 0 saturated carbocycles. The number of nitrogens with zero attached hydrogens (tertiary/aromatic N) is 1. The maximum Gasteiger partial charge on any atom is 0.137 e. The molecule has 0 radical (unpaired) electrons. The van der Waals surface area contributed by atoms with Gasteiger partial charge in [-0.05, 0) is 31.0 Å². The first-order valence-electron chi connectivity index (χ1n) is 6.04. The van der Waals surface area contributed by atoms with E-state index in [1.165, 1.54) is 0 Å². The Morgan fingerprint density at radius 2 is 2.06 bits per heavy atom. The molecule has 0 saturated heterocycles. The van der Waals surface area contributed by atoms with Crippen LogP contribution in [0.1, 0.15) is 37.7 Å². The van der Waals surface area contributed by atoms with Crippen LogP contribution in [0.2, 0.25) is 5.02 Å². The van der Waals surface area contributed by atoms with E-state index >= 15 is 0 Å². The van der Waals surface area contributed by atoms with Crippen molar-refractivity contribution in [1.29, 1.82) is 0 Å². The Bertz CT molecular complexity index is 355. The average molecular weight is 255 g/mol. The number of hydrogen-bond acceptors (Lipinski definition) is 3. The van der Waals surface area contributed by atoms with Gasteiger partial charge < -0.3 is 5.73 Å². The maximum atomic E-state index is 11.7. The van der Waals surface area contributed by atoms with Crippen molar-refractivity contribution in [2.24, 2.45) is 5.73 Å². The number of ketones is 1. The first-order valence-corrected chi connectivity index (χ1v) is 6.42. The Morgan fingerprint density at radius 3 is 2.76 bits per heavy atom. The van der Waals surface area contributed by atoms with Gasteiger partial charge in [-0.25, -0.2) is 0 Å². The Labute approximate surface area is 107 Å². The normalized spacial score (nSPS) is 10.5. The molecule has 1 aromatic heterocycles. The van der Waals surface area contributed by atoms with Gasteiger partial charge in [-0.1, -0.05) is 24.4 Å². The predicted molar refractivity (Wildman–Crippen MR) is 70.1 cm³/mol. The van der Waals surface area contributed by atoms with Crippen LogP contribution in [0, 0.1) is 0 Å². The van der Waals surface area contributed by atoms with Gasteiger partial charge >= 0.3 is 0 Å². The van der Waals surface area contributed by atoms with Gasteiger partial charge in [0.05, 0.1) is 5.02 Å².